The normalized spacial score (nSPS) is 11.8. The van der Waals surface area contributed by atoms with Crippen LogP contribution >= 0.6 is 0 Å². The standard InChI is InChI=1S/C15H23NO3/c1-15(2,3)16(10-14(17)18)9-12-6-5-7-13(8-12)11-19-4/h5-8H,9-11H2,1-4H3,(H,17,18). The quantitative estimate of drug-likeness (QED) is 0.858. The van der Waals surface area contributed by atoms with E-state index < -0.39 is 5.97 Å². The van der Waals surface area contributed by atoms with Gasteiger partial charge in [0, 0.05) is 19.2 Å². The van der Waals surface area contributed by atoms with E-state index in [2.05, 4.69) is 6.07 Å². The highest BCUT2D eigenvalue weighted by atomic mass is 16.5. The third-order valence-electron chi connectivity index (χ3n) is 2.95. The van der Waals surface area contributed by atoms with Crippen molar-refractivity contribution in [1.29, 1.82) is 0 Å². The van der Waals surface area contributed by atoms with Gasteiger partial charge in [0.05, 0.1) is 13.2 Å². The maximum atomic E-state index is 11.0. The lowest BCUT2D eigenvalue weighted by atomic mass is 10.0. The highest BCUT2D eigenvalue weighted by Crippen LogP contribution is 2.18. The van der Waals surface area contributed by atoms with Crippen molar-refractivity contribution in [3.05, 3.63) is 35.4 Å². The molecule has 19 heavy (non-hydrogen) atoms. The van der Waals surface area contributed by atoms with E-state index in [9.17, 15) is 4.79 Å². The van der Waals surface area contributed by atoms with Crippen molar-refractivity contribution in [2.75, 3.05) is 13.7 Å². The van der Waals surface area contributed by atoms with E-state index in [-0.39, 0.29) is 12.1 Å². The summed E-state index contributed by atoms with van der Waals surface area (Å²) in [6.07, 6.45) is 0. The molecule has 0 bridgehead atoms. The van der Waals surface area contributed by atoms with Gasteiger partial charge < -0.3 is 9.84 Å². The number of hydrogen-bond acceptors (Lipinski definition) is 3. The van der Waals surface area contributed by atoms with Crippen LogP contribution in [0.2, 0.25) is 0 Å². The average molecular weight is 265 g/mol. The third-order valence-corrected chi connectivity index (χ3v) is 2.95. The maximum Gasteiger partial charge on any atom is 0.317 e. The van der Waals surface area contributed by atoms with E-state index in [1.165, 1.54) is 0 Å². The van der Waals surface area contributed by atoms with Crippen molar-refractivity contribution in [2.24, 2.45) is 0 Å². The van der Waals surface area contributed by atoms with Crippen LogP contribution in [0.3, 0.4) is 0 Å². The minimum Gasteiger partial charge on any atom is -0.480 e. The highest BCUT2D eigenvalue weighted by molar-refractivity contribution is 5.69. The van der Waals surface area contributed by atoms with Crippen molar-refractivity contribution >= 4 is 5.97 Å². The van der Waals surface area contributed by atoms with E-state index in [4.69, 9.17) is 9.84 Å². The Morgan fingerprint density at radius 3 is 2.47 bits per heavy atom. The molecule has 0 saturated heterocycles. The number of nitrogens with zero attached hydrogens (tertiary/aromatic N) is 1. The van der Waals surface area contributed by atoms with Gasteiger partial charge >= 0.3 is 5.97 Å². The first-order valence-corrected chi connectivity index (χ1v) is 6.36. The Labute approximate surface area is 115 Å². The molecular weight excluding hydrogens is 242 g/mol. The summed E-state index contributed by atoms with van der Waals surface area (Å²) in [6.45, 7) is 7.30. The Morgan fingerprint density at radius 1 is 1.32 bits per heavy atom. The zero-order valence-corrected chi connectivity index (χ0v) is 12.1. The number of aliphatic carboxylic acids is 1. The lowest BCUT2D eigenvalue weighted by molar-refractivity contribution is -0.139. The molecule has 0 aromatic heterocycles. The monoisotopic (exact) mass is 265 g/mol. The molecule has 0 amide bonds. The van der Waals surface area contributed by atoms with Gasteiger partial charge in [-0.2, -0.15) is 0 Å². The molecule has 106 valence electrons. The van der Waals surface area contributed by atoms with E-state index in [0.29, 0.717) is 13.2 Å². The van der Waals surface area contributed by atoms with Gasteiger partial charge in [-0.1, -0.05) is 24.3 Å². The van der Waals surface area contributed by atoms with Crippen molar-refractivity contribution in [3.8, 4) is 0 Å². The summed E-state index contributed by atoms with van der Waals surface area (Å²) in [4.78, 5) is 12.9. The van der Waals surface area contributed by atoms with Gasteiger partial charge in [0.15, 0.2) is 0 Å². The number of hydrogen-bond donors (Lipinski definition) is 1. The predicted octanol–water partition coefficient (Wildman–Crippen LogP) is 2.52. The predicted molar refractivity (Wildman–Crippen MR) is 75.0 cm³/mol. The molecule has 4 heteroatoms. The van der Waals surface area contributed by atoms with Crippen molar-refractivity contribution < 1.29 is 14.6 Å². The number of ether oxygens (including phenoxy) is 1. The summed E-state index contributed by atoms with van der Waals surface area (Å²) in [5.74, 6) is -0.803. The fraction of sp³-hybridized carbons (Fsp3) is 0.533. The minimum atomic E-state index is -0.803. The first kappa shape index (κ1) is 15.7. The Morgan fingerprint density at radius 2 is 1.95 bits per heavy atom. The number of carboxylic acids is 1. The molecule has 0 aliphatic heterocycles. The third kappa shape index (κ3) is 5.41. The highest BCUT2D eigenvalue weighted by Gasteiger charge is 2.23. The summed E-state index contributed by atoms with van der Waals surface area (Å²) < 4.78 is 5.11. The van der Waals surface area contributed by atoms with E-state index >= 15 is 0 Å². The van der Waals surface area contributed by atoms with Crippen LogP contribution in [-0.4, -0.2) is 35.2 Å². The molecule has 0 radical (unpaired) electrons. The fourth-order valence-electron chi connectivity index (χ4n) is 1.90. The topological polar surface area (TPSA) is 49.8 Å². The molecule has 0 heterocycles. The van der Waals surface area contributed by atoms with Gasteiger partial charge in [-0.15, -0.1) is 0 Å². The Hall–Kier alpha value is -1.39. The molecule has 0 aliphatic carbocycles. The van der Waals surface area contributed by atoms with E-state index in [1.807, 2.05) is 43.9 Å². The lowest BCUT2D eigenvalue weighted by Crippen LogP contribution is -2.43. The number of methoxy groups -OCH3 is 1. The molecule has 1 aromatic rings. The van der Waals surface area contributed by atoms with Crippen LogP contribution in [-0.2, 0) is 22.7 Å². The van der Waals surface area contributed by atoms with Crippen LogP contribution in [0.15, 0.2) is 24.3 Å². The second-order valence-electron chi connectivity index (χ2n) is 5.67. The molecule has 0 spiro atoms. The van der Waals surface area contributed by atoms with Crippen molar-refractivity contribution in [2.45, 2.75) is 39.5 Å². The van der Waals surface area contributed by atoms with Crippen LogP contribution in [0.25, 0.3) is 0 Å². The van der Waals surface area contributed by atoms with Gasteiger partial charge in [0.2, 0.25) is 0 Å². The summed E-state index contributed by atoms with van der Waals surface area (Å²) >= 11 is 0. The summed E-state index contributed by atoms with van der Waals surface area (Å²) in [5.41, 5.74) is 2.02. The van der Waals surface area contributed by atoms with Gasteiger partial charge in [0.1, 0.15) is 0 Å². The molecule has 0 unspecified atom stereocenters. The van der Waals surface area contributed by atoms with Crippen LogP contribution in [0.4, 0.5) is 0 Å². The Kier molecular flexibility index (Phi) is 5.51. The van der Waals surface area contributed by atoms with Gasteiger partial charge in [0.25, 0.3) is 0 Å². The van der Waals surface area contributed by atoms with E-state index in [0.717, 1.165) is 11.1 Å². The van der Waals surface area contributed by atoms with Crippen LogP contribution in [0.1, 0.15) is 31.9 Å². The van der Waals surface area contributed by atoms with E-state index in [1.54, 1.807) is 7.11 Å². The second-order valence-corrected chi connectivity index (χ2v) is 5.67. The van der Waals surface area contributed by atoms with Crippen molar-refractivity contribution in [3.63, 3.8) is 0 Å². The van der Waals surface area contributed by atoms with Gasteiger partial charge in [-0.25, -0.2) is 0 Å². The number of carbonyl (C=O) groups is 1. The number of benzene rings is 1. The summed E-state index contributed by atoms with van der Waals surface area (Å²) in [6, 6.07) is 8.06. The van der Waals surface area contributed by atoms with Crippen LogP contribution in [0.5, 0.6) is 0 Å². The molecule has 0 aliphatic rings. The molecule has 1 aromatic carbocycles. The van der Waals surface area contributed by atoms with Gasteiger partial charge in [-0.3, -0.25) is 9.69 Å². The molecule has 0 saturated carbocycles. The summed E-state index contributed by atoms with van der Waals surface area (Å²) in [7, 11) is 1.67. The minimum absolute atomic E-state index is 0.0397. The Bertz CT molecular complexity index is 424. The SMILES string of the molecule is COCc1cccc(CN(CC(=O)O)C(C)(C)C)c1. The molecule has 1 N–H and O–H groups in total. The average Bonchev–Trinajstić information content (AvgIpc) is 2.27. The lowest BCUT2D eigenvalue weighted by Gasteiger charge is -2.34. The van der Waals surface area contributed by atoms with Gasteiger partial charge in [-0.05, 0) is 31.9 Å². The molecular formula is C15H23NO3. The summed E-state index contributed by atoms with van der Waals surface area (Å²) in [5, 5.41) is 9.00. The zero-order valence-electron chi connectivity index (χ0n) is 12.1. The molecule has 4 nitrogen and oxygen atoms in total. The molecule has 1 rings (SSSR count). The Balaban J connectivity index is 2.83. The second kappa shape index (κ2) is 6.68. The largest absolute Gasteiger partial charge is 0.480 e. The first-order valence-electron chi connectivity index (χ1n) is 6.36. The number of carboxylic acid groups (broad SMARTS) is 1. The number of rotatable bonds is 6. The molecule has 0 atom stereocenters. The molecule has 0 fully saturated rings. The smallest absolute Gasteiger partial charge is 0.317 e. The first-order chi connectivity index (χ1) is 8.82. The van der Waals surface area contributed by atoms with Crippen molar-refractivity contribution in [1.82, 2.24) is 4.90 Å². The fourth-order valence-corrected chi connectivity index (χ4v) is 1.90. The zero-order chi connectivity index (χ0) is 14.5. The maximum absolute atomic E-state index is 11.0. The van der Waals surface area contributed by atoms with Crippen LogP contribution < -0.4 is 0 Å². The van der Waals surface area contributed by atoms with Crippen LogP contribution in [0, 0.1) is 0 Å².